The Labute approximate surface area is 195 Å². The molecule has 0 saturated carbocycles. The van der Waals surface area contributed by atoms with E-state index in [1.807, 2.05) is 30.3 Å². The third-order valence-electron chi connectivity index (χ3n) is 4.02. The molecule has 0 bridgehead atoms. The first-order valence-electron chi connectivity index (χ1n) is 10.7. The molecule has 1 aromatic carbocycles. The number of rotatable bonds is 8. The minimum absolute atomic E-state index is 0.0616. The third kappa shape index (κ3) is 9.81. The van der Waals surface area contributed by atoms with Gasteiger partial charge < -0.3 is 14.2 Å². The molecule has 0 aromatic heterocycles. The fraction of sp³-hybridized carbons (Fsp3) is 0.636. The molecule has 1 aliphatic heterocycles. The predicted octanol–water partition coefficient (Wildman–Crippen LogP) is 4.28. The van der Waals surface area contributed by atoms with Crippen molar-refractivity contribution in [2.45, 2.75) is 65.4 Å². The predicted molar refractivity (Wildman–Crippen MR) is 119 cm³/mol. The minimum Gasteiger partial charge on any atom is -0.445 e. The van der Waals surface area contributed by atoms with Gasteiger partial charge in [0.15, 0.2) is 6.04 Å². The number of ether oxygens (including phenoxy) is 3. The van der Waals surface area contributed by atoms with E-state index in [1.165, 1.54) is 4.90 Å². The van der Waals surface area contributed by atoms with Crippen LogP contribution in [0.2, 0.25) is 0 Å². The number of morpholine rings is 1. The summed E-state index contributed by atoms with van der Waals surface area (Å²) >= 11 is 0. The van der Waals surface area contributed by atoms with Crippen LogP contribution in [0.15, 0.2) is 30.3 Å². The lowest BCUT2D eigenvalue weighted by atomic mass is 10.2. The maximum atomic E-state index is 13.0. The lowest BCUT2D eigenvalue weighted by Crippen LogP contribution is -2.53. The van der Waals surface area contributed by atoms with Crippen molar-refractivity contribution < 1.29 is 41.9 Å². The van der Waals surface area contributed by atoms with Gasteiger partial charge in [0.05, 0.1) is 24.4 Å². The van der Waals surface area contributed by atoms with Gasteiger partial charge in [0.2, 0.25) is 6.79 Å². The van der Waals surface area contributed by atoms with Gasteiger partial charge in [-0.25, -0.2) is 18.7 Å². The van der Waals surface area contributed by atoms with Gasteiger partial charge in [0.25, 0.3) is 0 Å². The highest BCUT2D eigenvalue weighted by Crippen LogP contribution is 2.55. The lowest BCUT2D eigenvalue weighted by Gasteiger charge is -2.33. The zero-order valence-electron chi connectivity index (χ0n) is 20.1. The second-order valence-corrected chi connectivity index (χ2v) is 10.9. The van der Waals surface area contributed by atoms with Crippen LogP contribution in [0.4, 0.5) is 4.79 Å². The van der Waals surface area contributed by atoms with E-state index in [-0.39, 0.29) is 26.4 Å². The molecule has 1 amide bonds. The Morgan fingerprint density at radius 3 is 2.21 bits per heavy atom. The van der Waals surface area contributed by atoms with Gasteiger partial charge in [0.1, 0.15) is 6.61 Å². The number of amides is 1. The molecule has 0 radical (unpaired) electrons. The molecule has 0 spiro atoms. The zero-order chi connectivity index (χ0) is 24.7. The van der Waals surface area contributed by atoms with Crippen LogP contribution < -0.4 is 0 Å². The van der Waals surface area contributed by atoms with Gasteiger partial charge >= 0.3 is 19.9 Å². The fourth-order valence-electron chi connectivity index (χ4n) is 2.81. The number of carbonyl (C=O) groups is 2. The molecule has 1 aliphatic rings. The Morgan fingerprint density at radius 2 is 1.64 bits per heavy atom. The van der Waals surface area contributed by atoms with E-state index in [4.69, 9.17) is 27.8 Å². The minimum atomic E-state index is -4.05. The van der Waals surface area contributed by atoms with Crippen LogP contribution in [-0.2, 0) is 43.7 Å². The molecule has 10 nitrogen and oxygen atoms in total. The summed E-state index contributed by atoms with van der Waals surface area (Å²) in [6.07, 6.45) is -0.664. The molecule has 33 heavy (non-hydrogen) atoms. The number of phosphoric ester groups is 1. The smallest absolute Gasteiger partial charge is 0.445 e. The average Bonchev–Trinajstić information content (AvgIpc) is 2.69. The highest BCUT2D eigenvalue weighted by molar-refractivity contribution is 7.48. The van der Waals surface area contributed by atoms with E-state index in [1.54, 1.807) is 41.5 Å². The summed E-state index contributed by atoms with van der Waals surface area (Å²) in [5.74, 6) is -0.788. The van der Waals surface area contributed by atoms with Crippen LogP contribution in [0.25, 0.3) is 0 Å². The first-order chi connectivity index (χ1) is 15.3. The molecule has 2 rings (SSSR count). The number of nitrogens with zero attached hydrogens (tertiary/aromatic N) is 1. The van der Waals surface area contributed by atoms with Gasteiger partial charge in [-0.2, -0.15) is 0 Å². The van der Waals surface area contributed by atoms with Gasteiger partial charge in [-0.15, -0.1) is 0 Å². The SMILES string of the molecule is CC(C)(C)OP(=O)(OCOC(=O)[C@@H]1COCCN1C(=O)OCc1ccccc1)OC(C)(C)C. The van der Waals surface area contributed by atoms with Gasteiger partial charge in [0, 0.05) is 6.54 Å². The van der Waals surface area contributed by atoms with Crippen LogP contribution in [0, 0.1) is 0 Å². The molecule has 1 fully saturated rings. The van der Waals surface area contributed by atoms with Crippen molar-refractivity contribution in [3.05, 3.63) is 35.9 Å². The molecular weight excluding hydrogens is 453 g/mol. The maximum Gasteiger partial charge on any atom is 0.478 e. The number of carbonyl (C=O) groups excluding carboxylic acids is 2. The van der Waals surface area contributed by atoms with E-state index in [2.05, 4.69) is 0 Å². The Morgan fingerprint density at radius 1 is 1.03 bits per heavy atom. The fourth-order valence-corrected chi connectivity index (χ4v) is 4.47. The van der Waals surface area contributed by atoms with Crippen molar-refractivity contribution >= 4 is 19.9 Å². The quantitative estimate of drug-likeness (QED) is 0.301. The van der Waals surface area contributed by atoms with E-state index < -0.39 is 43.9 Å². The molecule has 1 aromatic rings. The van der Waals surface area contributed by atoms with Crippen LogP contribution in [0.3, 0.4) is 0 Å². The van der Waals surface area contributed by atoms with Gasteiger partial charge in [-0.3, -0.25) is 13.9 Å². The number of hydrogen-bond donors (Lipinski definition) is 0. The molecule has 186 valence electrons. The van der Waals surface area contributed by atoms with Crippen molar-refractivity contribution in [3.8, 4) is 0 Å². The summed E-state index contributed by atoms with van der Waals surface area (Å²) in [4.78, 5) is 26.4. The Balaban J connectivity index is 1.95. The van der Waals surface area contributed by atoms with Crippen molar-refractivity contribution in [3.63, 3.8) is 0 Å². The van der Waals surface area contributed by atoms with Gasteiger partial charge in [-0.1, -0.05) is 30.3 Å². The Hall–Kier alpha value is -1.97. The second-order valence-electron chi connectivity index (χ2n) is 9.39. The number of benzene rings is 1. The third-order valence-corrected chi connectivity index (χ3v) is 5.99. The average molecular weight is 487 g/mol. The zero-order valence-corrected chi connectivity index (χ0v) is 21.0. The van der Waals surface area contributed by atoms with Crippen molar-refractivity contribution in [2.75, 3.05) is 26.6 Å². The molecule has 11 heteroatoms. The molecule has 1 heterocycles. The molecule has 0 unspecified atom stereocenters. The van der Waals surface area contributed by atoms with Crippen LogP contribution in [0.1, 0.15) is 47.1 Å². The first-order valence-corrected chi connectivity index (χ1v) is 12.1. The van der Waals surface area contributed by atoms with E-state index in [0.29, 0.717) is 0 Å². The van der Waals surface area contributed by atoms with Crippen LogP contribution in [0.5, 0.6) is 0 Å². The van der Waals surface area contributed by atoms with Crippen molar-refractivity contribution in [2.24, 2.45) is 0 Å². The van der Waals surface area contributed by atoms with E-state index >= 15 is 0 Å². The van der Waals surface area contributed by atoms with Crippen molar-refractivity contribution in [1.29, 1.82) is 0 Å². The highest BCUT2D eigenvalue weighted by atomic mass is 31.2. The van der Waals surface area contributed by atoms with E-state index in [9.17, 15) is 14.2 Å². The van der Waals surface area contributed by atoms with Gasteiger partial charge in [-0.05, 0) is 47.1 Å². The largest absolute Gasteiger partial charge is 0.478 e. The molecule has 0 aliphatic carbocycles. The normalized spacial score (nSPS) is 17.5. The highest BCUT2D eigenvalue weighted by Gasteiger charge is 2.39. The summed E-state index contributed by atoms with van der Waals surface area (Å²) in [6.45, 7) is 9.90. The summed E-state index contributed by atoms with van der Waals surface area (Å²) in [5.41, 5.74) is -0.845. The topological polar surface area (TPSA) is 110 Å². The standard InChI is InChI=1S/C22H34NO9P/c1-21(2,3)31-33(26,32-22(4,5)6)30-16-29-19(24)18-15-27-13-12-23(18)20(25)28-14-17-10-8-7-9-11-17/h7-11,18H,12-16H2,1-6H3/t18-/m0/s1. The second kappa shape index (κ2) is 11.4. The molecular formula is C22H34NO9P. The number of esters is 1. The monoisotopic (exact) mass is 487 g/mol. The maximum absolute atomic E-state index is 13.0. The Kier molecular flexibility index (Phi) is 9.46. The molecule has 1 atom stereocenters. The summed E-state index contributed by atoms with van der Waals surface area (Å²) in [5, 5.41) is 0. The molecule has 0 N–H and O–H groups in total. The Bertz CT molecular complexity index is 813. The summed E-state index contributed by atoms with van der Waals surface area (Å²) in [6, 6.07) is 8.16. The van der Waals surface area contributed by atoms with Crippen LogP contribution >= 0.6 is 7.82 Å². The molecule has 1 saturated heterocycles. The van der Waals surface area contributed by atoms with Crippen molar-refractivity contribution in [1.82, 2.24) is 4.90 Å². The van der Waals surface area contributed by atoms with Crippen LogP contribution in [-0.4, -0.2) is 60.8 Å². The number of hydrogen-bond acceptors (Lipinski definition) is 9. The number of phosphoric acid groups is 1. The first kappa shape index (κ1) is 27.3. The lowest BCUT2D eigenvalue weighted by molar-refractivity contribution is -0.163. The summed E-state index contributed by atoms with van der Waals surface area (Å²) in [7, 11) is -4.05. The summed E-state index contributed by atoms with van der Waals surface area (Å²) < 4.78 is 45.0. The van der Waals surface area contributed by atoms with E-state index in [0.717, 1.165) is 5.56 Å².